The monoisotopic (exact) mass is 145 g/mol. The van der Waals surface area contributed by atoms with Crippen LogP contribution < -0.4 is 0 Å². The third-order valence-electron chi connectivity index (χ3n) is 1.04. The Hall–Kier alpha value is -0.300. The van der Waals surface area contributed by atoms with Crippen molar-refractivity contribution in [1.82, 2.24) is 0 Å². The predicted octanol–water partition coefficient (Wildman–Crippen LogP) is 2.61. The van der Waals surface area contributed by atoms with Gasteiger partial charge >= 0.3 is 0 Å². The fourth-order valence-electron chi connectivity index (χ4n) is 0.325. The smallest absolute Gasteiger partial charge is 0.0976 e. The number of halogens is 1. The minimum atomic E-state index is 0.621. The Bertz CT molecular complexity index is 132. The lowest BCUT2D eigenvalue weighted by molar-refractivity contribution is 1.13. The standard InChI is InChI=1S/C7H12ClN/c1-4-6(2)5-9-7(3)8/h4H,5H2,1-3H3. The van der Waals surface area contributed by atoms with E-state index in [4.69, 9.17) is 11.6 Å². The number of hydrogen-bond donors (Lipinski definition) is 0. The summed E-state index contributed by atoms with van der Waals surface area (Å²) >= 11 is 5.50. The fraction of sp³-hybridized carbons (Fsp3) is 0.571. The summed E-state index contributed by atoms with van der Waals surface area (Å²) in [4.78, 5) is 4.01. The second kappa shape index (κ2) is 4.57. The van der Waals surface area contributed by atoms with Crippen LogP contribution in [0.2, 0.25) is 0 Å². The van der Waals surface area contributed by atoms with Gasteiger partial charge in [0.25, 0.3) is 0 Å². The van der Waals surface area contributed by atoms with E-state index < -0.39 is 0 Å². The maximum absolute atomic E-state index is 5.50. The second-order valence-corrected chi connectivity index (χ2v) is 2.50. The van der Waals surface area contributed by atoms with Crippen molar-refractivity contribution in [2.24, 2.45) is 4.99 Å². The van der Waals surface area contributed by atoms with Crippen LogP contribution in [0.25, 0.3) is 0 Å². The molecule has 0 fully saturated rings. The van der Waals surface area contributed by atoms with Crippen molar-refractivity contribution < 1.29 is 0 Å². The predicted molar refractivity (Wildman–Crippen MR) is 43.3 cm³/mol. The van der Waals surface area contributed by atoms with Gasteiger partial charge in [-0.1, -0.05) is 23.3 Å². The number of hydrogen-bond acceptors (Lipinski definition) is 1. The molecular weight excluding hydrogens is 134 g/mol. The van der Waals surface area contributed by atoms with Gasteiger partial charge in [-0.05, 0) is 20.8 Å². The highest BCUT2D eigenvalue weighted by Crippen LogP contribution is 1.93. The molecule has 0 atom stereocenters. The summed E-state index contributed by atoms with van der Waals surface area (Å²) in [6.07, 6.45) is 2.03. The Morgan fingerprint density at radius 3 is 2.44 bits per heavy atom. The number of allylic oxidation sites excluding steroid dienone is 1. The number of rotatable bonds is 2. The van der Waals surface area contributed by atoms with Gasteiger partial charge < -0.3 is 0 Å². The average Bonchev–Trinajstić information content (AvgIpc) is 1.83. The van der Waals surface area contributed by atoms with E-state index >= 15 is 0 Å². The number of nitrogens with zero attached hydrogens (tertiary/aromatic N) is 1. The molecule has 0 aliphatic carbocycles. The lowest BCUT2D eigenvalue weighted by Crippen LogP contribution is -1.84. The topological polar surface area (TPSA) is 12.4 Å². The van der Waals surface area contributed by atoms with Crippen LogP contribution in [0.5, 0.6) is 0 Å². The van der Waals surface area contributed by atoms with Gasteiger partial charge in [0.2, 0.25) is 0 Å². The summed E-state index contributed by atoms with van der Waals surface area (Å²) in [5.74, 6) is 0. The summed E-state index contributed by atoms with van der Waals surface area (Å²) < 4.78 is 0. The zero-order valence-corrected chi connectivity index (χ0v) is 6.87. The normalized spacial score (nSPS) is 14.2. The van der Waals surface area contributed by atoms with Gasteiger partial charge in [-0.3, -0.25) is 4.99 Å². The Labute approximate surface area is 61.4 Å². The van der Waals surface area contributed by atoms with Crippen molar-refractivity contribution in [2.45, 2.75) is 20.8 Å². The molecule has 0 radical (unpaired) electrons. The average molecular weight is 146 g/mol. The quantitative estimate of drug-likeness (QED) is 0.419. The van der Waals surface area contributed by atoms with Crippen LogP contribution in [0, 0.1) is 0 Å². The van der Waals surface area contributed by atoms with Crippen molar-refractivity contribution >= 4 is 16.8 Å². The maximum atomic E-state index is 5.50. The van der Waals surface area contributed by atoms with Crippen molar-refractivity contribution in [3.8, 4) is 0 Å². The van der Waals surface area contributed by atoms with Crippen LogP contribution in [0.3, 0.4) is 0 Å². The molecule has 0 aromatic carbocycles. The zero-order chi connectivity index (χ0) is 7.28. The van der Waals surface area contributed by atoms with Crippen molar-refractivity contribution in [3.05, 3.63) is 11.6 Å². The van der Waals surface area contributed by atoms with E-state index in [2.05, 4.69) is 4.99 Å². The van der Waals surface area contributed by atoms with E-state index in [1.165, 1.54) is 5.57 Å². The van der Waals surface area contributed by atoms with E-state index in [1.54, 1.807) is 6.92 Å². The Morgan fingerprint density at radius 1 is 1.56 bits per heavy atom. The van der Waals surface area contributed by atoms with E-state index in [9.17, 15) is 0 Å². The molecule has 0 heterocycles. The Balaban J connectivity index is 3.64. The lowest BCUT2D eigenvalue weighted by atomic mass is 10.3. The molecule has 0 N–H and O–H groups in total. The first kappa shape index (κ1) is 8.70. The highest BCUT2D eigenvalue weighted by atomic mass is 35.5. The van der Waals surface area contributed by atoms with Gasteiger partial charge in [-0.25, -0.2) is 0 Å². The van der Waals surface area contributed by atoms with Crippen LogP contribution in [-0.4, -0.2) is 11.7 Å². The highest BCUT2D eigenvalue weighted by molar-refractivity contribution is 6.64. The summed E-state index contributed by atoms with van der Waals surface area (Å²) in [6, 6.07) is 0. The fourth-order valence-corrected chi connectivity index (χ4v) is 0.385. The molecule has 0 aliphatic heterocycles. The number of aliphatic imine (C=N–C) groups is 1. The minimum Gasteiger partial charge on any atom is -0.273 e. The molecule has 0 aromatic heterocycles. The Kier molecular flexibility index (Phi) is 4.41. The summed E-state index contributed by atoms with van der Waals surface area (Å²) in [5, 5.41) is 0.621. The second-order valence-electron chi connectivity index (χ2n) is 1.95. The van der Waals surface area contributed by atoms with E-state index in [0.29, 0.717) is 5.17 Å². The molecule has 0 aliphatic rings. The van der Waals surface area contributed by atoms with Gasteiger partial charge in [-0.2, -0.15) is 0 Å². The summed E-state index contributed by atoms with van der Waals surface area (Å²) in [5.41, 5.74) is 1.25. The molecular formula is C7H12ClN. The molecule has 0 unspecified atom stereocenters. The first-order chi connectivity index (χ1) is 4.16. The molecule has 0 amide bonds. The Morgan fingerprint density at radius 2 is 2.11 bits per heavy atom. The molecule has 52 valence electrons. The summed E-state index contributed by atoms with van der Waals surface area (Å²) in [7, 11) is 0. The first-order valence-corrected chi connectivity index (χ1v) is 3.33. The molecule has 0 saturated heterocycles. The van der Waals surface area contributed by atoms with Gasteiger partial charge in [0.1, 0.15) is 0 Å². The van der Waals surface area contributed by atoms with Gasteiger partial charge in [0.15, 0.2) is 0 Å². The SMILES string of the molecule is CC=C(C)CN=C(C)Cl. The molecule has 0 bridgehead atoms. The zero-order valence-electron chi connectivity index (χ0n) is 6.11. The van der Waals surface area contributed by atoms with Crippen molar-refractivity contribution in [1.29, 1.82) is 0 Å². The van der Waals surface area contributed by atoms with E-state index in [0.717, 1.165) is 6.54 Å². The molecule has 9 heavy (non-hydrogen) atoms. The van der Waals surface area contributed by atoms with Gasteiger partial charge in [-0.15, -0.1) is 0 Å². The van der Waals surface area contributed by atoms with Crippen LogP contribution in [-0.2, 0) is 0 Å². The third-order valence-corrected chi connectivity index (χ3v) is 1.16. The van der Waals surface area contributed by atoms with Gasteiger partial charge in [0.05, 0.1) is 11.7 Å². The lowest BCUT2D eigenvalue weighted by Gasteiger charge is -1.91. The molecule has 0 spiro atoms. The van der Waals surface area contributed by atoms with Gasteiger partial charge in [0, 0.05) is 0 Å². The molecule has 1 nitrogen and oxygen atoms in total. The third kappa shape index (κ3) is 5.57. The van der Waals surface area contributed by atoms with E-state index in [1.807, 2.05) is 19.9 Å². The van der Waals surface area contributed by atoms with E-state index in [-0.39, 0.29) is 0 Å². The van der Waals surface area contributed by atoms with Crippen molar-refractivity contribution in [2.75, 3.05) is 6.54 Å². The molecule has 2 heteroatoms. The van der Waals surface area contributed by atoms with Crippen LogP contribution in [0.1, 0.15) is 20.8 Å². The largest absolute Gasteiger partial charge is 0.273 e. The molecule has 0 aromatic rings. The van der Waals surface area contributed by atoms with Crippen LogP contribution in [0.15, 0.2) is 16.6 Å². The van der Waals surface area contributed by atoms with Crippen molar-refractivity contribution in [3.63, 3.8) is 0 Å². The first-order valence-electron chi connectivity index (χ1n) is 2.95. The van der Waals surface area contributed by atoms with Crippen LogP contribution >= 0.6 is 11.6 Å². The molecule has 0 rings (SSSR count). The molecule has 0 saturated carbocycles. The van der Waals surface area contributed by atoms with Crippen LogP contribution in [0.4, 0.5) is 0 Å². The summed E-state index contributed by atoms with van der Waals surface area (Å²) in [6.45, 7) is 6.54. The highest BCUT2D eigenvalue weighted by Gasteiger charge is 1.83. The minimum absolute atomic E-state index is 0.621. The maximum Gasteiger partial charge on any atom is 0.0976 e.